The van der Waals surface area contributed by atoms with Crippen molar-refractivity contribution in [2.24, 2.45) is 7.05 Å². The smallest absolute Gasteiger partial charge is 0.279 e. The fourth-order valence-electron chi connectivity index (χ4n) is 1.70. The maximum absolute atomic E-state index is 6.13. The molecule has 0 N–H and O–H groups in total. The van der Waals surface area contributed by atoms with Crippen LogP contribution in [0.4, 0.5) is 0 Å². The Morgan fingerprint density at radius 3 is 2.75 bits per heavy atom. The normalized spacial score (nSPS) is 11.0. The van der Waals surface area contributed by atoms with Gasteiger partial charge in [-0.3, -0.25) is 4.68 Å². The molecule has 0 atom stereocenters. The summed E-state index contributed by atoms with van der Waals surface area (Å²) in [6.07, 6.45) is 1.87. The Balaban J connectivity index is 2.04. The van der Waals surface area contributed by atoms with Gasteiger partial charge in [-0.25, -0.2) is 0 Å². The molecule has 8 heteroatoms. The van der Waals surface area contributed by atoms with E-state index in [0.717, 1.165) is 3.57 Å². The molecule has 0 unspecified atom stereocenters. The number of rotatable bonds is 2. The second-order valence-electron chi connectivity index (χ2n) is 4.05. The van der Waals surface area contributed by atoms with Gasteiger partial charge in [-0.05, 0) is 40.8 Å². The van der Waals surface area contributed by atoms with E-state index in [4.69, 9.17) is 27.7 Å². The van der Waals surface area contributed by atoms with Crippen LogP contribution in [0.15, 0.2) is 28.9 Å². The van der Waals surface area contributed by atoms with E-state index in [1.54, 1.807) is 22.9 Å². The van der Waals surface area contributed by atoms with Gasteiger partial charge < -0.3 is 4.52 Å². The Kier molecular flexibility index (Phi) is 3.70. The highest BCUT2D eigenvalue weighted by molar-refractivity contribution is 14.1. The standard InChI is InChI=1S/C12H7Cl2IN4O/c1-19-5-9(15)10(17-19)12-16-11(18-20-12)7-3-2-6(13)4-8(7)14/h2-5H,1H3. The molecule has 0 bridgehead atoms. The summed E-state index contributed by atoms with van der Waals surface area (Å²) in [5.74, 6) is 0.763. The summed E-state index contributed by atoms with van der Waals surface area (Å²) in [7, 11) is 1.83. The second-order valence-corrected chi connectivity index (χ2v) is 6.05. The van der Waals surface area contributed by atoms with Crippen molar-refractivity contribution in [3.05, 3.63) is 38.0 Å². The van der Waals surface area contributed by atoms with Crippen molar-refractivity contribution in [2.45, 2.75) is 0 Å². The number of aromatic nitrogens is 4. The van der Waals surface area contributed by atoms with Crippen LogP contribution in [0.5, 0.6) is 0 Å². The van der Waals surface area contributed by atoms with Crippen molar-refractivity contribution in [3.8, 4) is 23.0 Å². The van der Waals surface area contributed by atoms with Crippen LogP contribution in [-0.4, -0.2) is 19.9 Å². The number of aryl methyl sites for hydroxylation is 1. The largest absolute Gasteiger partial charge is 0.332 e. The van der Waals surface area contributed by atoms with Crippen LogP contribution in [0.3, 0.4) is 0 Å². The van der Waals surface area contributed by atoms with Crippen molar-refractivity contribution in [1.29, 1.82) is 0 Å². The number of nitrogens with zero attached hydrogens (tertiary/aromatic N) is 4. The van der Waals surface area contributed by atoms with Crippen LogP contribution in [0.2, 0.25) is 10.0 Å². The molecule has 1 aromatic carbocycles. The first-order chi connectivity index (χ1) is 9.54. The van der Waals surface area contributed by atoms with Crippen molar-refractivity contribution in [2.75, 3.05) is 0 Å². The van der Waals surface area contributed by atoms with E-state index in [2.05, 4.69) is 37.8 Å². The van der Waals surface area contributed by atoms with E-state index in [-0.39, 0.29) is 0 Å². The minimum atomic E-state index is 0.357. The van der Waals surface area contributed by atoms with E-state index in [1.165, 1.54) is 0 Å². The lowest BCUT2D eigenvalue weighted by molar-refractivity contribution is 0.430. The van der Waals surface area contributed by atoms with Gasteiger partial charge in [0.15, 0.2) is 5.69 Å². The maximum Gasteiger partial charge on any atom is 0.279 e. The van der Waals surface area contributed by atoms with Crippen LogP contribution in [0, 0.1) is 3.57 Å². The Morgan fingerprint density at radius 1 is 1.30 bits per heavy atom. The molecule has 3 aromatic rings. The van der Waals surface area contributed by atoms with E-state index in [0.29, 0.717) is 33.0 Å². The van der Waals surface area contributed by atoms with Crippen LogP contribution in [0.25, 0.3) is 23.0 Å². The topological polar surface area (TPSA) is 56.7 Å². The van der Waals surface area contributed by atoms with Crippen molar-refractivity contribution in [1.82, 2.24) is 19.9 Å². The summed E-state index contributed by atoms with van der Waals surface area (Å²) in [6, 6.07) is 5.12. The summed E-state index contributed by atoms with van der Waals surface area (Å²) in [5.41, 5.74) is 1.31. The van der Waals surface area contributed by atoms with Gasteiger partial charge in [0, 0.05) is 23.8 Å². The molecule has 2 heterocycles. The maximum atomic E-state index is 6.13. The van der Waals surface area contributed by atoms with Gasteiger partial charge in [0.1, 0.15) is 0 Å². The van der Waals surface area contributed by atoms with Crippen molar-refractivity contribution >= 4 is 45.8 Å². The van der Waals surface area contributed by atoms with Gasteiger partial charge in [-0.15, -0.1) is 0 Å². The summed E-state index contributed by atoms with van der Waals surface area (Å²) < 4.78 is 7.87. The molecular weight excluding hydrogens is 414 g/mol. The van der Waals surface area contributed by atoms with Gasteiger partial charge in [0.05, 0.1) is 8.59 Å². The zero-order valence-corrected chi connectivity index (χ0v) is 13.8. The van der Waals surface area contributed by atoms with E-state index < -0.39 is 0 Å². The number of hydrogen-bond acceptors (Lipinski definition) is 4. The van der Waals surface area contributed by atoms with Crippen molar-refractivity contribution in [3.63, 3.8) is 0 Å². The minimum absolute atomic E-state index is 0.357. The van der Waals surface area contributed by atoms with Crippen LogP contribution < -0.4 is 0 Å². The monoisotopic (exact) mass is 420 g/mol. The molecule has 20 heavy (non-hydrogen) atoms. The average Bonchev–Trinajstić information content (AvgIpc) is 2.96. The van der Waals surface area contributed by atoms with E-state index in [9.17, 15) is 0 Å². The van der Waals surface area contributed by atoms with Gasteiger partial charge in [-0.1, -0.05) is 28.4 Å². The fraction of sp³-hybridized carbons (Fsp3) is 0.0833. The van der Waals surface area contributed by atoms with Gasteiger partial charge in [0.2, 0.25) is 5.82 Å². The molecule has 0 radical (unpaired) electrons. The SMILES string of the molecule is Cn1cc(I)c(-c2nc(-c3ccc(Cl)cc3Cl)no2)n1. The second kappa shape index (κ2) is 5.34. The molecule has 0 saturated heterocycles. The molecule has 102 valence electrons. The molecule has 0 fully saturated rings. The fourth-order valence-corrected chi connectivity index (χ4v) is 2.94. The summed E-state index contributed by atoms with van der Waals surface area (Å²) in [4.78, 5) is 4.33. The highest BCUT2D eigenvalue weighted by atomic mass is 127. The molecule has 0 aliphatic heterocycles. The third-order valence-electron chi connectivity index (χ3n) is 2.58. The summed E-state index contributed by atoms with van der Waals surface area (Å²) >= 11 is 14.2. The Bertz CT molecular complexity index is 784. The third-order valence-corrected chi connectivity index (χ3v) is 3.92. The van der Waals surface area contributed by atoms with Crippen LogP contribution in [0.1, 0.15) is 0 Å². The molecule has 3 rings (SSSR count). The highest BCUT2D eigenvalue weighted by Crippen LogP contribution is 2.30. The zero-order chi connectivity index (χ0) is 14.3. The highest BCUT2D eigenvalue weighted by Gasteiger charge is 2.17. The minimum Gasteiger partial charge on any atom is -0.332 e. The lowest BCUT2D eigenvalue weighted by Gasteiger charge is -1.98. The van der Waals surface area contributed by atoms with Crippen LogP contribution in [-0.2, 0) is 7.05 Å². The third kappa shape index (κ3) is 2.55. The summed E-state index contributed by atoms with van der Waals surface area (Å²) in [5, 5.41) is 9.25. The predicted molar refractivity (Wildman–Crippen MR) is 84.7 cm³/mol. The van der Waals surface area contributed by atoms with Gasteiger partial charge >= 0.3 is 0 Å². The Morgan fingerprint density at radius 2 is 2.10 bits per heavy atom. The van der Waals surface area contributed by atoms with E-state index >= 15 is 0 Å². The first kappa shape index (κ1) is 13.8. The van der Waals surface area contributed by atoms with Gasteiger partial charge in [-0.2, -0.15) is 10.1 Å². The number of hydrogen-bond donors (Lipinski definition) is 0. The molecule has 0 amide bonds. The van der Waals surface area contributed by atoms with Crippen LogP contribution >= 0.6 is 45.8 Å². The lowest BCUT2D eigenvalue weighted by atomic mass is 10.2. The van der Waals surface area contributed by atoms with E-state index in [1.807, 2.05) is 13.2 Å². The lowest BCUT2D eigenvalue weighted by Crippen LogP contribution is -1.88. The summed E-state index contributed by atoms with van der Waals surface area (Å²) in [6.45, 7) is 0. The Hall–Kier alpha value is -1.12. The molecule has 0 aliphatic carbocycles. The Labute approximate surface area is 138 Å². The molecule has 5 nitrogen and oxygen atoms in total. The molecular formula is C12H7Cl2IN4O. The number of benzene rings is 1. The predicted octanol–water partition coefficient (Wildman–Crippen LogP) is 4.05. The zero-order valence-electron chi connectivity index (χ0n) is 10.1. The quantitative estimate of drug-likeness (QED) is 0.587. The molecule has 0 spiro atoms. The first-order valence-corrected chi connectivity index (χ1v) is 7.36. The number of halogens is 3. The molecule has 2 aromatic heterocycles. The molecule has 0 saturated carbocycles. The molecule has 0 aliphatic rings. The van der Waals surface area contributed by atoms with Crippen molar-refractivity contribution < 1.29 is 4.52 Å². The van der Waals surface area contributed by atoms with Gasteiger partial charge in [0.25, 0.3) is 5.89 Å². The average molecular weight is 421 g/mol. The first-order valence-electron chi connectivity index (χ1n) is 5.53.